The van der Waals surface area contributed by atoms with Crippen LogP contribution in [0.5, 0.6) is 0 Å². The Kier molecular flexibility index (Phi) is 4.99. The maximum atomic E-state index is 13.0. The number of amides is 1. The highest BCUT2D eigenvalue weighted by Gasteiger charge is 2.13. The van der Waals surface area contributed by atoms with Gasteiger partial charge in [-0.2, -0.15) is 0 Å². The zero-order valence-corrected chi connectivity index (χ0v) is 17.5. The molecule has 158 valence electrons. The zero-order valence-electron chi connectivity index (χ0n) is 17.5. The number of fused-ring (bicyclic) bond motifs is 2. The van der Waals surface area contributed by atoms with Gasteiger partial charge in [0, 0.05) is 16.5 Å². The van der Waals surface area contributed by atoms with Crippen LogP contribution in [-0.2, 0) is 17.9 Å². The quantitative estimate of drug-likeness (QED) is 0.437. The van der Waals surface area contributed by atoms with Crippen molar-refractivity contribution in [3.05, 3.63) is 100 Å². The molecule has 0 aliphatic heterocycles. The van der Waals surface area contributed by atoms with Crippen molar-refractivity contribution in [1.82, 2.24) is 19.6 Å². The van der Waals surface area contributed by atoms with E-state index in [4.69, 9.17) is 0 Å². The topological polar surface area (TPSA) is 81.8 Å². The fourth-order valence-corrected chi connectivity index (χ4v) is 3.93. The molecular weight excluding hydrogens is 402 g/mol. The van der Waals surface area contributed by atoms with Gasteiger partial charge in [-0.15, -0.1) is 5.10 Å². The number of pyridine rings is 1. The second-order valence-corrected chi connectivity index (χ2v) is 7.77. The van der Waals surface area contributed by atoms with Crippen molar-refractivity contribution >= 4 is 33.4 Å². The Balaban J connectivity index is 1.46. The highest BCUT2D eigenvalue weighted by atomic mass is 16.2. The standard InChI is InChI=1S/C25H21N5O2/c1-17-11-12-23-21(13-17)25(32)20-9-5-6-10-22(20)30(23)15-19-14-29(28-27-19)16-24(31)26-18-7-3-2-4-8-18/h2-14H,15-16H2,1H3,(H,26,31). The van der Waals surface area contributed by atoms with Crippen molar-refractivity contribution in [3.8, 4) is 0 Å². The van der Waals surface area contributed by atoms with Gasteiger partial charge in [-0.25, -0.2) is 4.68 Å². The molecule has 3 aromatic carbocycles. The number of benzene rings is 3. The molecule has 0 saturated heterocycles. The summed E-state index contributed by atoms with van der Waals surface area (Å²) in [4.78, 5) is 25.4. The van der Waals surface area contributed by atoms with Gasteiger partial charge in [0.2, 0.25) is 5.91 Å². The van der Waals surface area contributed by atoms with E-state index < -0.39 is 0 Å². The molecule has 0 atom stereocenters. The largest absolute Gasteiger partial charge is 0.334 e. The third-order valence-electron chi connectivity index (χ3n) is 5.40. The van der Waals surface area contributed by atoms with Gasteiger partial charge in [-0.05, 0) is 43.3 Å². The van der Waals surface area contributed by atoms with E-state index in [2.05, 4.69) is 20.2 Å². The molecule has 2 heterocycles. The van der Waals surface area contributed by atoms with E-state index in [-0.39, 0.29) is 17.9 Å². The van der Waals surface area contributed by atoms with Crippen LogP contribution in [0.2, 0.25) is 0 Å². The van der Waals surface area contributed by atoms with Gasteiger partial charge in [-0.3, -0.25) is 9.59 Å². The fraction of sp³-hybridized carbons (Fsp3) is 0.120. The van der Waals surface area contributed by atoms with Crippen LogP contribution in [0, 0.1) is 6.92 Å². The predicted molar refractivity (Wildman–Crippen MR) is 125 cm³/mol. The van der Waals surface area contributed by atoms with Crippen molar-refractivity contribution < 1.29 is 4.79 Å². The molecule has 2 aromatic heterocycles. The minimum absolute atomic E-state index is 0.0248. The van der Waals surface area contributed by atoms with E-state index in [0.29, 0.717) is 23.0 Å². The average molecular weight is 423 g/mol. The van der Waals surface area contributed by atoms with Crippen LogP contribution in [-0.4, -0.2) is 25.5 Å². The van der Waals surface area contributed by atoms with E-state index in [1.165, 1.54) is 4.68 Å². The molecular formula is C25H21N5O2. The van der Waals surface area contributed by atoms with Crippen molar-refractivity contribution in [2.45, 2.75) is 20.0 Å². The first-order valence-corrected chi connectivity index (χ1v) is 10.3. The fourth-order valence-electron chi connectivity index (χ4n) is 3.93. The van der Waals surface area contributed by atoms with E-state index in [0.717, 1.165) is 22.3 Å². The van der Waals surface area contributed by atoms with Gasteiger partial charge in [0.25, 0.3) is 0 Å². The molecule has 0 fully saturated rings. The van der Waals surface area contributed by atoms with Crippen molar-refractivity contribution in [3.63, 3.8) is 0 Å². The molecule has 0 aliphatic carbocycles. The summed E-state index contributed by atoms with van der Waals surface area (Å²) in [7, 11) is 0. The Morgan fingerprint density at radius 3 is 2.53 bits per heavy atom. The molecule has 0 unspecified atom stereocenters. The first-order valence-electron chi connectivity index (χ1n) is 10.3. The summed E-state index contributed by atoms with van der Waals surface area (Å²) in [5, 5.41) is 12.6. The number of para-hydroxylation sites is 2. The van der Waals surface area contributed by atoms with Crippen molar-refractivity contribution in [2.75, 3.05) is 5.32 Å². The average Bonchev–Trinajstić information content (AvgIpc) is 3.24. The summed E-state index contributed by atoms with van der Waals surface area (Å²) >= 11 is 0. The zero-order chi connectivity index (χ0) is 22.1. The number of nitrogens with zero attached hydrogens (tertiary/aromatic N) is 4. The monoisotopic (exact) mass is 423 g/mol. The summed E-state index contributed by atoms with van der Waals surface area (Å²) in [6.07, 6.45) is 1.76. The van der Waals surface area contributed by atoms with Gasteiger partial charge in [0.15, 0.2) is 5.43 Å². The number of nitrogens with one attached hydrogen (secondary N) is 1. The summed E-state index contributed by atoms with van der Waals surface area (Å²) < 4.78 is 3.59. The number of aromatic nitrogens is 4. The summed E-state index contributed by atoms with van der Waals surface area (Å²) in [6, 6.07) is 22.8. The maximum absolute atomic E-state index is 13.0. The number of anilines is 1. The maximum Gasteiger partial charge on any atom is 0.246 e. The molecule has 1 N–H and O–H groups in total. The molecule has 0 aliphatic rings. The predicted octanol–water partition coefficient (Wildman–Crippen LogP) is 3.74. The smallest absolute Gasteiger partial charge is 0.246 e. The molecule has 0 radical (unpaired) electrons. The highest BCUT2D eigenvalue weighted by Crippen LogP contribution is 2.21. The number of carbonyl (C=O) groups is 1. The Bertz CT molecular complexity index is 1500. The van der Waals surface area contributed by atoms with Gasteiger partial charge >= 0.3 is 0 Å². The number of aryl methyl sites for hydroxylation is 1. The lowest BCUT2D eigenvalue weighted by Crippen LogP contribution is -2.19. The number of rotatable bonds is 5. The molecule has 0 spiro atoms. The van der Waals surface area contributed by atoms with E-state index in [1.54, 1.807) is 6.20 Å². The van der Waals surface area contributed by atoms with Crippen LogP contribution in [0.4, 0.5) is 5.69 Å². The minimum Gasteiger partial charge on any atom is -0.334 e. The van der Waals surface area contributed by atoms with Crippen LogP contribution in [0.3, 0.4) is 0 Å². The Hall–Kier alpha value is -4.26. The van der Waals surface area contributed by atoms with Crippen LogP contribution in [0.25, 0.3) is 21.8 Å². The number of carbonyl (C=O) groups excluding carboxylic acids is 1. The number of hydrogen-bond acceptors (Lipinski definition) is 4. The molecule has 32 heavy (non-hydrogen) atoms. The highest BCUT2D eigenvalue weighted by molar-refractivity contribution is 5.94. The first-order chi connectivity index (χ1) is 15.6. The minimum atomic E-state index is -0.178. The Morgan fingerprint density at radius 2 is 1.69 bits per heavy atom. The van der Waals surface area contributed by atoms with Crippen molar-refractivity contribution in [2.24, 2.45) is 0 Å². The van der Waals surface area contributed by atoms with Crippen molar-refractivity contribution in [1.29, 1.82) is 0 Å². The van der Waals surface area contributed by atoms with Gasteiger partial charge < -0.3 is 9.88 Å². The van der Waals surface area contributed by atoms with Gasteiger partial charge in [0.1, 0.15) is 12.2 Å². The van der Waals surface area contributed by atoms with E-state index >= 15 is 0 Å². The molecule has 0 saturated carbocycles. The second kappa shape index (κ2) is 8.11. The molecule has 5 rings (SSSR count). The number of hydrogen-bond donors (Lipinski definition) is 1. The van der Waals surface area contributed by atoms with Gasteiger partial charge in [-0.1, -0.05) is 47.2 Å². The second-order valence-electron chi connectivity index (χ2n) is 7.77. The normalized spacial score (nSPS) is 11.2. The molecule has 7 nitrogen and oxygen atoms in total. The summed E-state index contributed by atoms with van der Waals surface area (Å²) in [6.45, 7) is 2.47. The summed E-state index contributed by atoms with van der Waals surface area (Å²) in [5.74, 6) is -0.178. The first kappa shape index (κ1) is 19.7. The molecule has 5 aromatic rings. The Labute approximate surface area is 183 Å². The lowest BCUT2D eigenvalue weighted by molar-refractivity contribution is -0.116. The Morgan fingerprint density at radius 1 is 0.938 bits per heavy atom. The van der Waals surface area contributed by atoms with E-state index in [9.17, 15) is 9.59 Å². The van der Waals surface area contributed by atoms with Crippen LogP contribution in [0.1, 0.15) is 11.3 Å². The third-order valence-corrected chi connectivity index (χ3v) is 5.40. The molecule has 7 heteroatoms. The van der Waals surface area contributed by atoms with E-state index in [1.807, 2.05) is 79.7 Å². The molecule has 1 amide bonds. The lowest BCUT2D eigenvalue weighted by Gasteiger charge is -2.14. The molecule has 0 bridgehead atoms. The van der Waals surface area contributed by atoms with Crippen LogP contribution >= 0.6 is 0 Å². The lowest BCUT2D eigenvalue weighted by atomic mass is 10.1. The third kappa shape index (κ3) is 3.76. The SMILES string of the molecule is Cc1ccc2c(c1)c(=O)c1ccccc1n2Cc1cn(CC(=O)Nc2ccccc2)nn1. The van der Waals surface area contributed by atoms with Crippen LogP contribution < -0.4 is 10.7 Å². The van der Waals surface area contributed by atoms with Crippen LogP contribution in [0.15, 0.2) is 83.8 Å². The van der Waals surface area contributed by atoms with Gasteiger partial charge in [0.05, 0.1) is 23.8 Å². The summed E-state index contributed by atoms with van der Waals surface area (Å²) in [5.41, 5.74) is 4.18.